The Hall–Kier alpha value is -0.770. The third-order valence-electron chi connectivity index (χ3n) is 3.96. The summed E-state index contributed by atoms with van der Waals surface area (Å²) in [6.45, 7) is 5.64. The summed E-state index contributed by atoms with van der Waals surface area (Å²) < 4.78 is 5.25. The van der Waals surface area contributed by atoms with Crippen LogP contribution in [0.25, 0.3) is 0 Å². The highest BCUT2D eigenvalue weighted by molar-refractivity contribution is 5.68. The molecule has 1 atom stereocenters. The van der Waals surface area contributed by atoms with Gasteiger partial charge in [-0.3, -0.25) is 0 Å². The van der Waals surface area contributed by atoms with Gasteiger partial charge in [0.25, 0.3) is 0 Å². The SMILES string of the molecule is CC(C)(C)OC(=O)NC1CCC2(CC1)CC2N. The van der Waals surface area contributed by atoms with Crippen molar-refractivity contribution in [3.05, 3.63) is 0 Å². The summed E-state index contributed by atoms with van der Waals surface area (Å²) in [6, 6.07) is 0.674. The van der Waals surface area contributed by atoms with Gasteiger partial charge in [0.15, 0.2) is 0 Å². The van der Waals surface area contributed by atoms with Crippen molar-refractivity contribution in [2.75, 3.05) is 0 Å². The van der Waals surface area contributed by atoms with E-state index in [4.69, 9.17) is 10.5 Å². The quantitative estimate of drug-likeness (QED) is 0.738. The Balaban J connectivity index is 1.73. The van der Waals surface area contributed by atoms with Gasteiger partial charge in [0.2, 0.25) is 0 Å². The molecule has 0 aliphatic heterocycles. The van der Waals surface area contributed by atoms with E-state index in [0.29, 0.717) is 11.5 Å². The molecule has 4 nitrogen and oxygen atoms in total. The van der Waals surface area contributed by atoms with Crippen LogP contribution in [0.3, 0.4) is 0 Å². The van der Waals surface area contributed by atoms with Crippen molar-refractivity contribution in [1.29, 1.82) is 0 Å². The Labute approximate surface area is 103 Å². The number of rotatable bonds is 1. The van der Waals surface area contributed by atoms with Crippen LogP contribution in [0.5, 0.6) is 0 Å². The van der Waals surface area contributed by atoms with Crippen LogP contribution in [-0.2, 0) is 4.74 Å². The number of alkyl carbamates (subject to hydrolysis) is 1. The summed E-state index contributed by atoms with van der Waals surface area (Å²) in [7, 11) is 0. The van der Waals surface area contributed by atoms with Gasteiger partial charge in [-0.25, -0.2) is 4.79 Å². The third kappa shape index (κ3) is 3.12. The van der Waals surface area contributed by atoms with Crippen LogP contribution in [0.4, 0.5) is 4.79 Å². The first-order valence-corrected chi connectivity index (χ1v) is 6.56. The highest BCUT2D eigenvalue weighted by Gasteiger charge is 2.52. The highest BCUT2D eigenvalue weighted by atomic mass is 16.6. The normalized spacial score (nSPS) is 36.7. The maximum absolute atomic E-state index is 11.6. The second-order valence-electron chi connectivity index (χ2n) is 6.59. The molecule has 3 N–H and O–H groups in total. The number of carbonyl (C=O) groups excluding carboxylic acids is 1. The van der Waals surface area contributed by atoms with Gasteiger partial charge in [-0.1, -0.05) is 0 Å². The lowest BCUT2D eigenvalue weighted by molar-refractivity contribution is 0.0484. The lowest BCUT2D eigenvalue weighted by Gasteiger charge is -2.30. The minimum absolute atomic E-state index is 0.267. The minimum atomic E-state index is -0.418. The smallest absolute Gasteiger partial charge is 0.407 e. The van der Waals surface area contributed by atoms with E-state index >= 15 is 0 Å². The van der Waals surface area contributed by atoms with E-state index in [-0.39, 0.29) is 12.1 Å². The van der Waals surface area contributed by atoms with Gasteiger partial charge in [-0.15, -0.1) is 0 Å². The molecule has 0 bridgehead atoms. The van der Waals surface area contributed by atoms with Crippen molar-refractivity contribution < 1.29 is 9.53 Å². The second kappa shape index (κ2) is 4.16. The standard InChI is InChI=1S/C13H24N2O2/c1-12(2,3)17-11(16)15-9-4-6-13(7-5-9)8-10(13)14/h9-10H,4-8,14H2,1-3H3,(H,15,16). The number of nitrogens with two attached hydrogens (primary N) is 1. The predicted octanol–water partition coefficient (Wildman–Crippen LogP) is 2.17. The van der Waals surface area contributed by atoms with E-state index in [0.717, 1.165) is 25.7 Å². The fourth-order valence-electron chi connectivity index (χ4n) is 2.77. The molecule has 1 amide bonds. The van der Waals surface area contributed by atoms with Gasteiger partial charge in [-0.05, 0) is 58.3 Å². The van der Waals surface area contributed by atoms with Crippen molar-refractivity contribution in [2.45, 2.75) is 70.6 Å². The van der Waals surface area contributed by atoms with Crippen LogP contribution >= 0.6 is 0 Å². The molecule has 0 saturated heterocycles. The fraction of sp³-hybridized carbons (Fsp3) is 0.923. The van der Waals surface area contributed by atoms with Crippen molar-refractivity contribution in [1.82, 2.24) is 5.32 Å². The predicted molar refractivity (Wildman–Crippen MR) is 66.7 cm³/mol. The number of hydrogen-bond donors (Lipinski definition) is 2. The summed E-state index contributed by atoms with van der Waals surface area (Å²) in [5, 5.41) is 2.95. The van der Waals surface area contributed by atoms with Crippen molar-refractivity contribution in [3.8, 4) is 0 Å². The summed E-state index contributed by atoms with van der Waals surface area (Å²) >= 11 is 0. The zero-order chi connectivity index (χ0) is 12.7. The summed E-state index contributed by atoms with van der Waals surface area (Å²) in [5.41, 5.74) is 5.95. The number of nitrogens with one attached hydrogen (secondary N) is 1. The van der Waals surface area contributed by atoms with Crippen LogP contribution in [-0.4, -0.2) is 23.8 Å². The Morgan fingerprint density at radius 1 is 1.35 bits per heavy atom. The fourth-order valence-corrected chi connectivity index (χ4v) is 2.77. The van der Waals surface area contributed by atoms with Crippen LogP contribution in [0.1, 0.15) is 52.9 Å². The van der Waals surface area contributed by atoms with E-state index in [1.807, 2.05) is 20.8 Å². The number of amides is 1. The molecule has 2 rings (SSSR count). The number of ether oxygens (including phenoxy) is 1. The largest absolute Gasteiger partial charge is 0.444 e. The molecule has 2 fully saturated rings. The molecule has 2 aliphatic carbocycles. The first-order valence-electron chi connectivity index (χ1n) is 6.56. The molecule has 0 radical (unpaired) electrons. The van der Waals surface area contributed by atoms with Crippen molar-refractivity contribution in [3.63, 3.8) is 0 Å². The van der Waals surface area contributed by atoms with Gasteiger partial charge in [0.05, 0.1) is 0 Å². The first-order chi connectivity index (χ1) is 7.81. The van der Waals surface area contributed by atoms with Gasteiger partial charge in [0.1, 0.15) is 5.60 Å². The molecule has 0 aromatic rings. The van der Waals surface area contributed by atoms with Crippen LogP contribution in [0.2, 0.25) is 0 Å². The van der Waals surface area contributed by atoms with Crippen LogP contribution in [0, 0.1) is 5.41 Å². The zero-order valence-corrected chi connectivity index (χ0v) is 11.1. The van der Waals surface area contributed by atoms with Gasteiger partial charge >= 0.3 is 6.09 Å². The van der Waals surface area contributed by atoms with E-state index in [2.05, 4.69) is 5.32 Å². The first kappa shape index (κ1) is 12.7. The van der Waals surface area contributed by atoms with Gasteiger partial charge in [0, 0.05) is 12.1 Å². The Morgan fingerprint density at radius 2 is 1.88 bits per heavy atom. The van der Waals surface area contributed by atoms with E-state index in [1.54, 1.807) is 0 Å². The lowest BCUT2D eigenvalue weighted by atomic mass is 9.83. The summed E-state index contributed by atoms with van der Waals surface area (Å²) in [4.78, 5) is 11.6. The zero-order valence-electron chi connectivity index (χ0n) is 11.1. The number of carbonyl (C=O) groups is 1. The molecule has 17 heavy (non-hydrogen) atoms. The molecule has 0 aromatic carbocycles. The highest BCUT2D eigenvalue weighted by Crippen LogP contribution is 2.54. The van der Waals surface area contributed by atoms with Crippen LogP contribution < -0.4 is 11.1 Å². The number of hydrogen-bond acceptors (Lipinski definition) is 3. The third-order valence-corrected chi connectivity index (χ3v) is 3.96. The van der Waals surface area contributed by atoms with Crippen LogP contribution in [0.15, 0.2) is 0 Å². The molecule has 0 aromatic heterocycles. The van der Waals surface area contributed by atoms with Crippen molar-refractivity contribution >= 4 is 6.09 Å². The molecule has 0 heterocycles. The molecule has 4 heteroatoms. The topological polar surface area (TPSA) is 64.3 Å². The van der Waals surface area contributed by atoms with E-state index < -0.39 is 5.60 Å². The van der Waals surface area contributed by atoms with Gasteiger partial charge in [-0.2, -0.15) is 0 Å². The lowest BCUT2D eigenvalue weighted by Crippen LogP contribution is -2.41. The molecule has 1 unspecified atom stereocenters. The summed E-state index contributed by atoms with van der Waals surface area (Å²) in [6.07, 6.45) is 5.24. The molecule has 98 valence electrons. The molecular formula is C13H24N2O2. The molecule has 1 spiro atoms. The second-order valence-corrected chi connectivity index (χ2v) is 6.59. The summed E-state index contributed by atoms with van der Waals surface area (Å²) in [5.74, 6) is 0. The van der Waals surface area contributed by atoms with Gasteiger partial charge < -0.3 is 15.8 Å². The Morgan fingerprint density at radius 3 is 2.29 bits per heavy atom. The van der Waals surface area contributed by atoms with E-state index in [9.17, 15) is 4.79 Å². The van der Waals surface area contributed by atoms with Crippen molar-refractivity contribution in [2.24, 2.45) is 11.1 Å². The monoisotopic (exact) mass is 240 g/mol. The average molecular weight is 240 g/mol. The minimum Gasteiger partial charge on any atom is -0.444 e. The Bertz CT molecular complexity index is 301. The maximum atomic E-state index is 11.6. The molecular weight excluding hydrogens is 216 g/mol. The Kier molecular flexibility index (Phi) is 3.10. The maximum Gasteiger partial charge on any atom is 0.407 e. The average Bonchev–Trinajstić information content (AvgIpc) is 2.78. The molecule has 2 aliphatic rings. The van der Waals surface area contributed by atoms with E-state index in [1.165, 1.54) is 6.42 Å². The molecule has 2 saturated carbocycles.